The van der Waals surface area contributed by atoms with Crippen LogP contribution in [-0.2, 0) is 39.4 Å². The molecule has 0 saturated carbocycles. The van der Waals surface area contributed by atoms with Gasteiger partial charge in [-0.25, -0.2) is 19.3 Å². The Hall–Kier alpha value is -2.75. The Bertz CT molecular complexity index is 1920. The molecule has 2 aliphatic heterocycles. The van der Waals surface area contributed by atoms with Gasteiger partial charge in [0.15, 0.2) is 34.7 Å². The van der Waals surface area contributed by atoms with Gasteiger partial charge >= 0.3 is 13.9 Å². The number of aliphatic hydroxyl groups is 1. The zero-order chi connectivity index (χ0) is 32.2. The van der Waals surface area contributed by atoms with E-state index in [1.807, 2.05) is 0 Å². The topological polar surface area (TPSA) is 257 Å². The Labute approximate surface area is 261 Å². The van der Waals surface area contributed by atoms with Gasteiger partial charge in [0.2, 0.25) is 5.95 Å². The third-order valence-corrected chi connectivity index (χ3v) is 9.59. The summed E-state index contributed by atoms with van der Waals surface area (Å²) in [6.07, 6.45) is -5.57. The summed E-state index contributed by atoms with van der Waals surface area (Å²) in [7, 11) is -2.43. The van der Waals surface area contributed by atoms with Crippen LogP contribution in [0.4, 0.5) is 10.3 Å². The molecule has 0 bridgehead atoms. The number of fused-ring (bicyclic) bond motifs is 2. The first-order chi connectivity index (χ1) is 21.4. The van der Waals surface area contributed by atoms with Gasteiger partial charge in [-0.2, -0.15) is 4.98 Å². The van der Waals surface area contributed by atoms with Crippen LogP contribution < -0.4 is 16.9 Å². The smallest absolute Gasteiger partial charge is 0.394 e. The molecule has 10 unspecified atom stereocenters. The standard InChI is InChI=1S/C21H24FN9O10P2S2/c1-7-13(40-42(35)44)9(39-19(7)30-5-26-11-15(30)24-4-25-17(11)33)3-37-43(36,45)41-14-10(22)8(2-32)38-20(14)31-6-27-12-16(31)28-21(23)29-18(12)34/h4-10,13-14,19-20,32H,2-3H2,1H3,(H5-,23,24,25,28,29,33,34,35,36,44,45)/p+1. The third kappa shape index (κ3) is 6.08. The lowest BCUT2D eigenvalue weighted by molar-refractivity contribution is -0.0534. The normalized spacial score (nSPS) is 30.3. The fourth-order valence-electron chi connectivity index (χ4n) is 5.31. The van der Waals surface area contributed by atoms with E-state index in [9.17, 15) is 24.2 Å². The molecule has 242 valence electrons. The molecule has 0 aromatic carbocycles. The first-order valence-corrected chi connectivity index (χ1v) is 18.0. The molecule has 45 heavy (non-hydrogen) atoms. The third-order valence-electron chi connectivity index (χ3n) is 7.33. The number of hydrogen-bond donors (Lipinski definition) is 6. The number of imidazole rings is 2. The van der Waals surface area contributed by atoms with E-state index in [2.05, 4.69) is 42.2 Å². The van der Waals surface area contributed by atoms with E-state index in [0.717, 1.165) is 10.9 Å². The lowest BCUT2D eigenvalue weighted by Gasteiger charge is -2.26. The van der Waals surface area contributed by atoms with Crippen molar-refractivity contribution in [3.8, 4) is 0 Å². The second-order valence-corrected chi connectivity index (χ2v) is 14.5. The average molecular weight is 709 g/mol. The highest BCUT2D eigenvalue weighted by Gasteiger charge is 2.51. The highest BCUT2D eigenvalue weighted by Crippen LogP contribution is 2.51. The molecule has 19 nitrogen and oxygen atoms in total. The minimum absolute atomic E-state index is 0.0634. The Kier molecular flexibility index (Phi) is 8.91. The molecule has 0 spiro atoms. The maximum Gasteiger partial charge on any atom is 0.582 e. The molecule has 2 saturated heterocycles. The van der Waals surface area contributed by atoms with Crippen molar-refractivity contribution in [3.05, 3.63) is 39.7 Å². The van der Waals surface area contributed by atoms with Crippen molar-refractivity contribution in [2.75, 3.05) is 18.9 Å². The number of anilines is 1. The Balaban J connectivity index is 1.23. The van der Waals surface area contributed by atoms with Crippen molar-refractivity contribution in [1.29, 1.82) is 0 Å². The van der Waals surface area contributed by atoms with E-state index < -0.39 is 87.2 Å². The predicted molar refractivity (Wildman–Crippen MR) is 158 cm³/mol. The van der Waals surface area contributed by atoms with Gasteiger partial charge in [-0.15, -0.1) is 4.52 Å². The Morgan fingerprint density at radius 1 is 1.13 bits per heavy atom. The summed E-state index contributed by atoms with van der Waals surface area (Å²) in [5.74, 6) is -0.780. The molecule has 0 amide bonds. The van der Waals surface area contributed by atoms with Crippen molar-refractivity contribution in [2.45, 2.75) is 50.0 Å². The largest absolute Gasteiger partial charge is 0.582 e. The van der Waals surface area contributed by atoms with Gasteiger partial charge < -0.3 is 34.7 Å². The number of nitrogens with one attached hydrogen (secondary N) is 2. The Morgan fingerprint density at radius 3 is 2.49 bits per heavy atom. The summed E-state index contributed by atoms with van der Waals surface area (Å²) >= 11 is 9.04. The number of nitrogens with zero attached hydrogens (tertiary/aromatic N) is 6. The zero-order valence-electron chi connectivity index (χ0n) is 22.8. The van der Waals surface area contributed by atoms with Crippen LogP contribution in [0.1, 0.15) is 19.4 Å². The number of aliphatic hydroxyl groups excluding tert-OH is 1. The predicted octanol–water partition coefficient (Wildman–Crippen LogP) is 0.187. The minimum Gasteiger partial charge on any atom is -0.394 e. The van der Waals surface area contributed by atoms with Crippen LogP contribution in [0.2, 0.25) is 0 Å². The lowest BCUT2D eigenvalue weighted by atomic mass is 10.0. The fourth-order valence-corrected chi connectivity index (χ4v) is 7.58. The summed E-state index contributed by atoms with van der Waals surface area (Å²) in [4.78, 5) is 56.4. The molecule has 6 heterocycles. The molecule has 0 aliphatic carbocycles. The van der Waals surface area contributed by atoms with Crippen LogP contribution in [0.5, 0.6) is 0 Å². The molecule has 2 aliphatic rings. The van der Waals surface area contributed by atoms with Crippen molar-refractivity contribution < 1.29 is 42.0 Å². The number of hydrogen-bond acceptors (Lipinski definition) is 15. The number of aromatic nitrogens is 8. The SMILES string of the molecule is CC1C(O[P+](=O)S)C(COP(O)(=S)OC2C(F)C(CO)OC2n2cnc3c(=O)[nH]c(N)nc32)OC1n1cnc2c(=O)[nH]cnc21. The first-order valence-electron chi connectivity index (χ1n) is 13.1. The van der Waals surface area contributed by atoms with Crippen molar-refractivity contribution >= 4 is 66.3 Å². The maximum atomic E-state index is 15.5. The number of rotatable bonds is 10. The zero-order valence-corrected chi connectivity index (χ0v) is 26.3. The van der Waals surface area contributed by atoms with Gasteiger partial charge in [0, 0.05) is 5.92 Å². The van der Waals surface area contributed by atoms with Gasteiger partial charge in [0.05, 0.1) is 32.2 Å². The molecule has 10 atom stereocenters. The summed E-state index contributed by atoms with van der Waals surface area (Å²) in [5.41, 5.74) is 4.61. The molecular formula is C21H25FN9O10P2S2+. The lowest BCUT2D eigenvalue weighted by Crippen LogP contribution is -2.33. The van der Waals surface area contributed by atoms with Gasteiger partial charge in [0.1, 0.15) is 42.9 Å². The second kappa shape index (κ2) is 12.5. The van der Waals surface area contributed by atoms with Gasteiger partial charge in [-0.1, -0.05) is 6.92 Å². The van der Waals surface area contributed by atoms with E-state index >= 15 is 4.39 Å². The van der Waals surface area contributed by atoms with Crippen LogP contribution in [0.25, 0.3) is 22.3 Å². The molecule has 0 radical (unpaired) electrons. The monoisotopic (exact) mass is 708 g/mol. The van der Waals surface area contributed by atoms with E-state index in [-0.39, 0.29) is 28.3 Å². The highest BCUT2D eigenvalue weighted by atomic mass is 32.7. The number of H-pyrrole nitrogens is 2. The molecule has 24 heteroatoms. The number of ether oxygens (including phenoxy) is 2. The number of alkyl halides is 1. The molecular weight excluding hydrogens is 683 g/mol. The van der Waals surface area contributed by atoms with Crippen LogP contribution >= 0.6 is 26.2 Å². The quantitative estimate of drug-likeness (QED) is 0.0949. The Morgan fingerprint density at radius 2 is 1.80 bits per heavy atom. The molecule has 4 aromatic heterocycles. The first kappa shape index (κ1) is 32.2. The summed E-state index contributed by atoms with van der Waals surface area (Å²) in [5, 5.41) is 9.69. The van der Waals surface area contributed by atoms with E-state index in [1.165, 1.54) is 17.2 Å². The average Bonchev–Trinajstić information content (AvgIpc) is 3.73. The number of thiol groups is 1. The molecule has 6 N–H and O–H groups in total. The van der Waals surface area contributed by atoms with Crippen molar-refractivity contribution in [2.24, 2.45) is 5.92 Å². The fraction of sp³-hybridized carbons (Fsp3) is 0.524. The van der Waals surface area contributed by atoms with Gasteiger partial charge in [0.25, 0.3) is 11.1 Å². The summed E-state index contributed by atoms with van der Waals surface area (Å²) in [6, 6.07) is 0. The summed E-state index contributed by atoms with van der Waals surface area (Å²) in [6.45, 7) is -3.82. The second-order valence-electron chi connectivity index (χ2n) is 10.1. The summed E-state index contributed by atoms with van der Waals surface area (Å²) < 4.78 is 58.5. The van der Waals surface area contributed by atoms with Crippen LogP contribution in [0, 0.1) is 5.92 Å². The molecule has 4 aromatic rings. The number of nitrogen functional groups attached to an aromatic ring is 1. The van der Waals surface area contributed by atoms with E-state index in [1.54, 1.807) is 6.92 Å². The maximum absolute atomic E-state index is 15.5. The van der Waals surface area contributed by atoms with Crippen LogP contribution in [0.3, 0.4) is 0 Å². The van der Waals surface area contributed by atoms with Crippen LogP contribution in [0.15, 0.2) is 28.6 Å². The minimum atomic E-state index is -4.31. The van der Waals surface area contributed by atoms with Crippen molar-refractivity contribution in [1.82, 2.24) is 39.0 Å². The van der Waals surface area contributed by atoms with E-state index in [4.69, 9.17) is 40.6 Å². The molecule has 6 rings (SSSR count). The van der Waals surface area contributed by atoms with Gasteiger partial charge in [-0.3, -0.25) is 28.2 Å². The molecule has 2 fully saturated rings. The number of nitrogens with two attached hydrogens (primary N) is 1. The number of halogens is 1. The van der Waals surface area contributed by atoms with Gasteiger partial charge in [-0.05, 0) is 16.4 Å². The van der Waals surface area contributed by atoms with E-state index in [0.29, 0.717) is 0 Å². The number of aromatic amines is 2. The van der Waals surface area contributed by atoms with Crippen molar-refractivity contribution in [3.63, 3.8) is 0 Å². The van der Waals surface area contributed by atoms with Crippen LogP contribution in [-0.4, -0.2) is 92.8 Å². The highest BCUT2D eigenvalue weighted by molar-refractivity contribution is 8.39.